The molecule has 0 aliphatic heterocycles. The summed E-state index contributed by atoms with van der Waals surface area (Å²) in [7, 11) is -3.31. The first-order valence-electron chi connectivity index (χ1n) is 6.77. The Morgan fingerprint density at radius 3 is 2.40 bits per heavy atom. The molecule has 1 aromatic rings. The maximum absolute atomic E-state index is 12.1. The predicted octanol–water partition coefficient (Wildman–Crippen LogP) is 1.66. The van der Waals surface area contributed by atoms with Crippen molar-refractivity contribution < 1.29 is 13.5 Å². The summed E-state index contributed by atoms with van der Waals surface area (Å²) in [5.41, 5.74) is 1.61. The number of β-amino-alcohol motifs (C(OH)–C–C–N with tert-alkyl or cyclic N) is 1. The van der Waals surface area contributed by atoms with E-state index >= 15 is 0 Å². The predicted molar refractivity (Wildman–Crippen MR) is 82.4 cm³/mol. The molecule has 0 amide bonds. The number of hydrogen-bond acceptors (Lipinski definition) is 4. The molecule has 20 heavy (non-hydrogen) atoms. The van der Waals surface area contributed by atoms with Crippen LogP contribution in [0.4, 0.5) is 0 Å². The van der Waals surface area contributed by atoms with Crippen LogP contribution in [0, 0.1) is 6.92 Å². The lowest BCUT2D eigenvalue weighted by Crippen LogP contribution is -2.42. The summed E-state index contributed by atoms with van der Waals surface area (Å²) in [5.74, 6) is -0.239. The molecule has 0 aliphatic carbocycles. The fourth-order valence-corrected chi connectivity index (χ4v) is 3.46. The SMILES string of the molecule is Cc1ccccc1CS(=O)(=O)CC(O)CNC(C)(C)C. The van der Waals surface area contributed by atoms with Crippen molar-refractivity contribution in [3.63, 3.8) is 0 Å². The Balaban J connectivity index is 2.60. The molecule has 0 saturated carbocycles. The molecule has 0 bridgehead atoms. The van der Waals surface area contributed by atoms with E-state index in [1.807, 2.05) is 52.0 Å². The molecule has 5 heteroatoms. The summed E-state index contributed by atoms with van der Waals surface area (Å²) in [6.45, 7) is 8.09. The maximum atomic E-state index is 12.1. The highest BCUT2D eigenvalue weighted by molar-refractivity contribution is 7.90. The van der Waals surface area contributed by atoms with Crippen molar-refractivity contribution in [2.75, 3.05) is 12.3 Å². The van der Waals surface area contributed by atoms with Crippen LogP contribution in [0.1, 0.15) is 31.9 Å². The van der Waals surface area contributed by atoms with Gasteiger partial charge in [0.2, 0.25) is 0 Å². The van der Waals surface area contributed by atoms with Crippen LogP contribution in [0.3, 0.4) is 0 Å². The molecule has 1 atom stereocenters. The van der Waals surface area contributed by atoms with Gasteiger partial charge in [0.25, 0.3) is 0 Å². The molecule has 0 saturated heterocycles. The number of aliphatic hydroxyl groups is 1. The fraction of sp³-hybridized carbons (Fsp3) is 0.600. The van der Waals surface area contributed by atoms with Crippen LogP contribution < -0.4 is 5.32 Å². The third-order valence-corrected chi connectivity index (χ3v) is 4.59. The topological polar surface area (TPSA) is 66.4 Å². The Kier molecular flexibility index (Phi) is 5.74. The van der Waals surface area contributed by atoms with E-state index in [2.05, 4.69) is 5.32 Å². The van der Waals surface area contributed by atoms with Gasteiger partial charge in [0.05, 0.1) is 17.6 Å². The van der Waals surface area contributed by atoms with Crippen molar-refractivity contribution in [3.05, 3.63) is 35.4 Å². The molecule has 0 fully saturated rings. The van der Waals surface area contributed by atoms with Gasteiger partial charge in [-0.3, -0.25) is 0 Å². The van der Waals surface area contributed by atoms with Crippen LogP contribution >= 0.6 is 0 Å². The lowest BCUT2D eigenvalue weighted by atomic mass is 10.1. The van der Waals surface area contributed by atoms with E-state index in [1.165, 1.54) is 0 Å². The summed E-state index contributed by atoms with van der Waals surface area (Å²) < 4.78 is 24.2. The van der Waals surface area contributed by atoms with Crippen molar-refractivity contribution in [2.24, 2.45) is 0 Å². The molecule has 4 nitrogen and oxygen atoms in total. The van der Waals surface area contributed by atoms with E-state index in [-0.39, 0.29) is 23.6 Å². The Bertz CT molecular complexity index is 532. The second kappa shape index (κ2) is 6.70. The van der Waals surface area contributed by atoms with Gasteiger partial charge in [0.15, 0.2) is 9.84 Å². The van der Waals surface area contributed by atoms with E-state index < -0.39 is 15.9 Å². The number of aryl methyl sites for hydroxylation is 1. The van der Waals surface area contributed by atoms with Gasteiger partial charge < -0.3 is 10.4 Å². The maximum Gasteiger partial charge on any atom is 0.157 e. The van der Waals surface area contributed by atoms with E-state index in [0.29, 0.717) is 0 Å². The van der Waals surface area contributed by atoms with Gasteiger partial charge in [0, 0.05) is 12.1 Å². The molecule has 1 unspecified atom stereocenters. The summed E-state index contributed by atoms with van der Waals surface area (Å²) >= 11 is 0. The summed E-state index contributed by atoms with van der Waals surface area (Å²) in [4.78, 5) is 0. The Labute approximate surface area is 122 Å². The Hall–Kier alpha value is -0.910. The highest BCUT2D eigenvalue weighted by Crippen LogP contribution is 2.12. The number of sulfone groups is 1. The molecule has 114 valence electrons. The molecule has 0 aliphatic rings. The van der Waals surface area contributed by atoms with Crippen molar-refractivity contribution in [2.45, 2.75) is 45.1 Å². The number of hydrogen-bond donors (Lipinski definition) is 2. The Morgan fingerprint density at radius 2 is 1.85 bits per heavy atom. The standard InChI is InChI=1S/C15H25NO3S/c1-12-7-5-6-8-13(12)10-20(18,19)11-14(17)9-16-15(2,3)4/h5-8,14,16-17H,9-11H2,1-4H3. The monoisotopic (exact) mass is 299 g/mol. The summed E-state index contributed by atoms with van der Waals surface area (Å²) in [5, 5.41) is 13.0. The summed E-state index contributed by atoms with van der Waals surface area (Å²) in [6, 6.07) is 7.41. The average molecular weight is 299 g/mol. The lowest BCUT2D eigenvalue weighted by Gasteiger charge is -2.22. The van der Waals surface area contributed by atoms with Crippen molar-refractivity contribution in [1.29, 1.82) is 0 Å². The normalized spacial score (nSPS) is 14.2. The highest BCUT2D eigenvalue weighted by atomic mass is 32.2. The molecule has 1 aromatic carbocycles. The van der Waals surface area contributed by atoms with Gasteiger partial charge in [-0.1, -0.05) is 24.3 Å². The van der Waals surface area contributed by atoms with Crippen LogP contribution in [-0.2, 0) is 15.6 Å². The zero-order chi connectivity index (χ0) is 15.4. The van der Waals surface area contributed by atoms with Crippen molar-refractivity contribution in [1.82, 2.24) is 5.32 Å². The van der Waals surface area contributed by atoms with Crippen molar-refractivity contribution >= 4 is 9.84 Å². The third-order valence-electron chi connectivity index (χ3n) is 2.95. The Morgan fingerprint density at radius 1 is 1.25 bits per heavy atom. The first-order valence-corrected chi connectivity index (χ1v) is 8.59. The number of nitrogens with one attached hydrogen (secondary N) is 1. The van der Waals surface area contributed by atoms with Crippen LogP contribution in [0.2, 0.25) is 0 Å². The van der Waals surface area contributed by atoms with Crippen LogP contribution in [0.25, 0.3) is 0 Å². The minimum Gasteiger partial charge on any atom is -0.391 e. The molecule has 0 radical (unpaired) electrons. The second-order valence-electron chi connectivity index (χ2n) is 6.27. The van der Waals surface area contributed by atoms with E-state index in [4.69, 9.17) is 0 Å². The molecule has 0 spiro atoms. The third kappa shape index (κ3) is 6.50. The van der Waals surface area contributed by atoms with E-state index in [9.17, 15) is 13.5 Å². The fourth-order valence-electron chi connectivity index (χ4n) is 1.84. The zero-order valence-electron chi connectivity index (χ0n) is 12.7. The first-order chi connectivity index (χ1) is 9.09. The zero-order valence-corrected chi connectivity index (χ0v) is 13.5. The number of benzene rings is 1. The minimum absolute atomic E-state index is 0.0216. The number of rotatable bonds is 6. The van der Waals surface area contributed by atoms with Gasteiger partial charge in [0.1, 0.15) is 0 Å². The van der Waals surface area contributed by atoms with E-state index in [1.54, 1.807) is 0 Å². The van der Waals surface area contributed by atoms with E-state index in [0.717, 1.165) is 11.1 Å². The van der Waals surface area contributed by atoms with Gasteiger partial charge in [-0.15, -0.1) is 0 Å². The first kappa shape index (κ1) is 17.1. The highest BCUT2D eigenvalue weighted by Gasteiger charge is 2.20. The van der Waals surface area contributed by atoms with Crippen LogP contribution in [0.15, 0.2) is 24.3 Å². The largest absolute Gasteiger partial charge is 0.391 e. The molecular formula is C15H25NO3S. The minimum atomic E-state index is -3.31. The average Bonchev–Trinajstić information content (AvgIpc) is 2.28. The van der Waals surface area contributed by atoms with Crippen LogP contribution in [-0.4, -0.2) is 37.5 Å². The molecule has 1 rings (SSSR count). The van der Waals surface area contributed by atoms with Crippen molar-refractivity contribution in [3.8, 4) is 0 Å². The molecule has 2 N–H and O–H groups in total. The van der Waals surface area contributed by atoms with Gasteiger partial charge in [-0.05, 0) is 38.8 Å². The second-order valence-corrected chi connectivity index (χ2v) is 8.37. The molecule has 0 aromatic heterocycles. The van der Waals surface area contributed by atoms with Gasteiger partial charge in [-0.25, -0.2) is 8.42 Å². The smallest absolute Gasteiger partial charge is 0.157 e. The van der Waals surface area contributed by atoms with Gasteiger partial charge in [-0.2, -0.15) is 0 Å². The lowest BCUT2D eigenvalue weighted by molar-refractivity contribution is 0.181. The number of aliphatic hydroxyl groups excluding tert-OH is 1. The quantitative estimate of drug-likeness (QED) is 0.838. The summed E-state index contributed by atoms with van der Waals surface area (Å²) in [6.07, 6.45) is -0.886. The molecule has 0 heterocycles. The van der Waals surface area contributed by atoms with Crippen LogP contribution in [0.5, 0.6) is 0 Å². The van der Waals surface area contributed by atoms with Gasteiger partial charge >= 0.3 is 0 Å². The molecular weight excluding hydrogens is 274 g/mol.